The molecule has 102 valence electrons. The summed E-state index contributed by atoms with van der Waals surface area (Å²) in [5.74, 6) is 5.60. The van der Waals surface area contributed by atoms with Crippen LogP contribution in [0.25, 0.3) is 10.8 Å². The Balaban J connectivity index is 0.000000224. The summed E-state index contributed by atoms with van der Waals surface area (Å²) in [5, 5.41) is 5.75. The van der Waals surface area contributed by atoms with E-state index in [0.29, 0.717) is 5.84 Å². The smallest absolute Gasteiger partial charge is 0.121 e. The number of fused-ring (bicyclic) bond motifs is 1. The van der Waals surface area contributed by atoms with E-state index in [4.69, 9.17) is 17.3 Å². The Bertz CT molecular complexity index is 537. The fraction of sp³-hybridized carbons (Fsp3) is 0.267. The molecule has 0 aliphatic rings. The van der Waals surface area contributed by atoms with E-state index < -0.39 is 0 Å². The van der Waals surface area contributed by atoms with Crippen LogP contribution in [0.1, 0.15) is 19.4 Å². The van der Waals surface area contributed by atoms with Gasteiger partial charge >= 0.3 is 0 Å². The number of rotatable bonds is 1. The summed E-state index contributed by atoms with van der Waals surface area (Å²) in [6, 6.07) is 12.3. The normalized spacial score (nSPS) is 11.3. The highest BCUT2D eigenvalue weighted by Gasteiger charge is 1.94. The van der Waals surface area contributed by atoms with Gasteiger partial charge < -0.3 is 17.3 Å². The third-order valence-corrected chi connectivity index (χ3v) is 2.76. The van der Waals surface area contributed by atoms with Gasteiger partial charge in [0.1, 0.15) is 5.84 Å². The lowest BCUT2D eigenvalue weighted by Gasteiger charge is -1.99. The van der Waals surface area contributed by atoms with Crippen molar-refractivity contribution in [3.8, 4) is 0 Å². The highest BCUT2D eigenvalue weighted by molar-refractivity contribution is 5.85. The highest BCUT2D eigenvalue weighted by Crippen LogP contribution is 2.18. The van der Waals surface area contributed by atoms with Gasteiger partial charge in [0.15, 0.2) is 0 Å². The molecule has 2 aromatic carbocycles. The second-order valence-electron chi connectivity index (χ2n) is 4.82. The maximum absolute atomic E-state index is 5.67. The fourth-order valence-electron chi connectivity index (χ4n) is 1.53. The van der Waals surface area contributed by atoms with Gasteiger partial charge in [-0.2, -0.15) is 5.10 Å². The van der Waals surface area contributed by atoms with Gasteiger partial charge in [-0.05, 0) is 29.8 Å². The van der Waals surface area contributed by atoms with Gasteiger partial charge in [0.25, 0.3) is 0 Å². The van der Waals surface area contributed by atoms with Crippen LogP contribution in [-0.2, 0) is 0 Å². The number of hydrazone groups is 1. The first-order valence-corrected chi connectivity index (χ1v) is 6.23. The van der Waals surface area contributed by atoms with Crippen LogP contribution in [0.2, 0.25) is 0 Å². The zero-order valence-electron chi connectivity index (χ0n) is 11.7. The average Bonchev–Trinajstić information content (AvgIpc) is 2.37. The Kier molecular flexibility index (Phi) is 5.18. The minimum Gasteiger partial charge on any atom is -0.399 e. The number of hydrogen-bond acceptors (Lipinski definition) is 3. The summed E-state index contributed by atoms with van der Waals surface area (Å²) in [6.45, 7) is 5.96. The predicted octanol–water partition coefficient (Wildman–Crippen LogP) is 2.60. The van der Waals surface area contributed by atoms with E-state index in [1.54, 1.807) is 0 Å². The lowest BCUT2D eigenvalue weighted by Crippen LogP contribution is -2.20. The Morgan fingerprint density at radius 1 is 1.05 bits per heavy atom. The second kappa shape index (κ2) is 6.64. The molecule has 0 aromatic heterocycles. The largest absolute Gasteiger partial charge is 0.399 e. The van der Waals surface area contributed by atoms with Crippen molar-refractivity contribution in [3.05, 3.63) is 42.0 Å². The predicted molar refractivity (Wildman–Crippen MR) is 83.7 cm³/mol. The molecular weight excluding hydrogens is 236 g/mol. The quantitative estimate of drug-likeness (QED) is 0.241. The van der Waals surface area contributed by atoms with Crippen molar-refractivity contribution in [2.75, 3.05) is 5.73 Å². The lowest BCUT2D eigenvalue weighted by atomic mass is 10.1. The first-order chi connectivity index (χ1) is 8.93. The summed E-state index contributed by atoms with van der Waals surface area (Å²) in [7, 11) is 0. The third kappa shape index (κ3) is 4.50. The number of benzene rings is 2. The molecule has 0 radical (unpaired) electrons. The Labute approximate surface area is 114 Å². The molecule has 0 aliphatic carbocycles. The van der Waals surface area contributed by atoms with Crippen LogP contribution in [0.5, 0.6) is 0 Å². The molecule has 0 aliphatic heterocycles. The summed E-state index contributed by atoms with van der Waals surface area (Å²) >= 11 is 0. The van der Waals surface area contributed by atoms with E-state index in [1.807, 2.05) is 32.0 Å². The SMILES string of the molecule is CC(C)/C(N)=N/N.Cc1ccc2ccc(N)cc2c1. The molecular formula is C15H22N4. The molecule has 2 aromatic rings. The van der Waals surface area contributed by atoms with E-state index >= 15 is 0 Å². The summed E-state index contributed by atoms with van der Waals surface area (Å²) in [6.07, 6.45) is 0. The fourth-order valence-corrected chi connectivity index (χ4v) is 1.53. The van der Waals surface area contributed by atoms with Crippen molar-refractivity contribution in [1.29, 1.82) is 0 Å². The molecule has 19 heavy (non-hydrogen) atoms. The van der Waals surface area contributed by atoms with Crippen LogP contribution < -0.4 is 17.3 Å². The van der Waals surface area contributed by atoms with Crippen LogP contribution in [0.4, 0.5) is 5.69 Å². The molecule has 2 rings (SSSR count). The second-order valence-corrected chi connectivity index (χ2v) is 4.82. The van der Waals surface area contributed by atoms with Crippen molar-refractivity contribution >= 4 is 22.3 Å². The first-order valence-electron chi connectivity index (χ1n) is 6.23. The number of nitrogens with two attached hydrogens (primary N) is 3. The topological polar surface area (TPSA) is 90.4 Å². The standard InChI is InChI=1S/C11H11N.C4H11N3/c1-8-2-3-9-4-5-11(12)7-10(9)6-8;1-3(2)4(5)7-6/h2-7H,12H2,1H3;3H,6H2,1-2H3,(H2,5,7). The number of aryl methyl sites for hydroxylation is 1. The van der Waals surface area contributed by atoms with Gasteiger partial charge in [-0.15, -0.1) is 0 Å². The molecule has 0 spiro atoms. The lowest BCUT2D eigenvalue weighted by molar-refractivity contribution is 0.863. The maximum Gasteiger partial charge on any atom is 0.121 e. The van der Waals surface area contributed by atoms with Crippen LogP contribution >= 0.6 is 0 Å². The van der Waals surface area contributed by atoms with Crippen LogP contribution in [0.15, 0.2) is 41.5 Å². The molecule has 0 fully saturated rings. The Morgan fingerprint density at radius 3 is 2.21 bits per heavy atom. The number of nitrogens with zero attached hydrogens (tertiary/aromatic N) is 1. The molecule has 0 amide bonds. The van der Waals surface area contributed by atoms with E-state index in [9.17, 15) is 0 Å². The van der Waals surface area contributed by atoms with E-state index in [0.717, 1.165) is 5.69 Å². The number of nitrogen functional groups attached to an aromatic ring is 1. The van der Waals surface area contributed by atoms with Gasteiger partial charge in [-0.1, -0.05) is 43.7 Å². The molecule has 0 unspecified atom stereocenters. The van der Waals surface area contributed by atoms with E-state index in [2.05, 4.69) is 30.2 Å². The van der Waals surface area contributed by atoms with Gasteiger partial charge in [-0.3, -0.25) is 0 Å². The number of anilines is 1. The van der Waals surface area contributed by atoms with Crippen molar-refractivity contribution in [2.24, 2.45) is 22.6 Å². The number of hydrogen-bond donors (Lipinski definition) is 3. The molecule has 0 atom stereocenters. The summed E-state index contributed by atoms with van der Waals surface area (Å²) < 4.78 is 0. The summed E-state index contributed by atoms with van der Waals surface area (Å²) in [5.41, 5.74) is 13.0. The third-order valence-electron chi connectivity index (χ3n) is 2.76. The average molecular weight is 258 g/mol. The van der Waals surface area contributed by atoms with E-state index in [-0.39, 0.29) is 5.92 Å². The molecule has 0 saturated carbocycles. The monoisotopic (exact) mass is 258 g/mol. The molecule has 0 saturated heterocycles. The van der Waals surface area contributed by atoms with Crippen molar-refractivity contribution in [3.63, 3.8) is 0 Å². The van der Waals surface area contributed by atoms with Gasteiger partial charge in [0, 0.05) is 11.6 Å². The van der Waals surface area contributed by atoms with Gasteiger partial charge in [0.05, 0.1) is 0 Å². The van der Waals surface area contributed by atoms with Crippen molar-refractivity contribution < 1.29 is 0 Å². The van der Waals surface area contributed by atoms with E-state index in [1.165, 1.54) is 16.3 Å². The Morgan fingerprint density at radius 2 is 1.68 bits per heavy atom. The molecule has 4 nitrogen and oxygen atoms in total. The van der Waals surface area contributed by atoms with Crippen LogP contribution in [0, 0.1) is 12.8 Å². The first kappa shape index (κ1) is 14.8. The summed E-state index contributed by atoms with van der Waals surface area (Å²) in [4.78, 5) is 0. The number of amidine groups is 1. The molecule has 0 heterocycles. The van der Waals surface area contributed by atoms with Crippen LogP contribution in [0.3, 0.4) is 0 Å². The zero-order chi connectivity index (χ0) is 14.4. The molecule has 6 N–H and O–H groups in total. The minimum absolute atomic E-state index is 0.269. The van der Waals surface area contributed by atoms with Crippen molar-refractivity contribution in [2.45, 2.75) is 20.8 Å². The van der Waals surface area contributed by atoms with Crippen molar-refractivity contribution in [1.82, 2.24) is 0 Å². The van der Waals surface area contributed by atoms with Gasteiger partial charge in [0.2, 0.25) is 0 Å². The molecule has 4 heteroatoms. The highest BCUT2D eigenvalue weighted by atomic mass is 15.2. The zero-order valence-corrected chi connectivity index (χ0v) is 11.7. The maximum atomic E-state index is 5.67. The van der Waals surface area contributed by atoms with Crippen LogP contribution in [-0.4, -0.2) is 5.84 Å². The van der Waals surface area contributed by atoms with Gasteiger partial charge in [-0.25, -0.2) is 0 Å². The molecule has 0 bridgehead atoms. The Hall–Kier alpha value is -2.23. The minimum atomic E-state index is 0.269.